The Morgan fingerprint density at radius 1 is 1.44 bits per heavy atom. The van der Waals surface area contributed by atoms with Gasteiger partial charge in [-0.05, 0) is 38.0 Å². The maximum absolute atomic E-state index is 5.92. The van der Waals surface area contributed by atoms with E-state index in [4.69, 9.17) is 16.3 Å². The van der Waals surface area contributed by atoms with E-state index in [1.54, 1.807) is 7.11 Å². The average Bonchev–Trinajstić information content (AvgIpc) is 2.38. The smallest absolute Gasteiger partial charge is 0.129 e. The van der Waals surface area contributed by atoms with Gasteiger partial charge in [-0.25, -0.2) is 4.98 Å². The maximum atomic E-state index is 5.92. The Bertz CT molecular complexity index is 371. The number of anilines is 1. The molecule has 4 heteroatoms. The second-order valence-corrected chi connectivity index (χ2v) is 4.82. The number of aryl methyl sites for hydroxylation is 1. The van der Waals surface area contributed by atoms with Gasteiger partial charge < -0.3 is 9.64 Å². The second kappa shape index (κ2) is 7.59. The summed E-state index contributed by atoms with van der Waals surface area (Å²) in [5.41, 5.74) is 2.12. The van der Waals surface area contributed by atoms with E-state index in [1.165, 1.54) is 0 Å². The van der Waals surface area contributed by atoms with Gasteiger partial charge in [0, 0.05) is 31.3 Å². The summed E-state index contributed by atoms with van der Waals surface area (Å²) in [4.78, 5) is 6.90. The van der Waals surface area contributed by atoms with Crippen LogP contribution in [0.5, 0.6) is 0 Å². The monoisotopic (exact) mass is 270 g/mol. The molecule has 1 aromatic rings. The largest absolute Gasteiger partial charge is 0.383 e. The quantitative estimate of drug-likeness (QED) is 0.710. The Kier molecular flexibility index (Phi) is 6.44. The first-order chi connectivity index (χ1) is 8.62. The van der Waals surface area contributed by atoms with E-state index >= 15 is 0 Å². The third-order valence-electron chi connectivity index (χ3n) is 3.11. The molecule has 1 rings (SSSR count). The molecule has 102 valence electrons. The molecule has 0 saturated heterocycles. The van der Waals surface area contributed by atoms with Crippen molar-refractivity contribution in [1.29, 1.82) is 0 Å². The molecule has 18 heavy (non-hydrogen) atoms. The van der Waals surface area contributed by atoms with Crippen LogP contribution in [0.4, 0.5) is 5.82 Å². The van der Waals surface area contributed by atoms with E-state index in [1.807, 2.05) is 13.0 Å². The molecule has 0 amide bonds. The molecule has 1 aromatic heterocycles. The van der Waals surface area contributed by atoms with Crippen molar-refractivity contribution in [2.24, 2.45) is 0 Å². The minimum Gasteiger partial charge on any atom is -0.383 e. The highest BCUT2D eigenvalue weighted by Crippen LogP contribution is 2.19. The number of pyridine rings is 1. The Balaban J connectivity index is 2.99. The highest BCUT2D eigenvalue weighted by molar-refractivity contribution is 6.17. The Labute approximate surface area is 115 Å². The number of hydrogen-bond acceptors (Lipinski definition) is 3. The lowest BCUT2D eigenvalue weighted by atomic mass is 10.2. The molecule has 1 heterocycles. The van der Waals surface area contributed by atoms with Crippen LogP contribution in [0.3, 0.4) is 0 Å². The van der Waals surface area contributed by atoms with Gasteiger partial charge in [0.05, 0.1) is 6.61 Å². The first kappa shape index (κ1) is 15.3. The summed E-state index contributed by atoms with van der Waals surface area (Å²) in [6, 6.07) is 4.54. The molecule has 0 aliphatic rings. The van der Waals surface area contributed by atoms with Gasteiger partial charge in [0.1, 0.15) is 5.82 Å². The van der Waals surface area contributed by atoms with E-state index in [-0.39, 0.29) is 0 Å². The highest BCUT2D eigenvalue weighted by atomic mass is 35.5. The molecule has 0 fully saturated rings. The van der Waals surface area contributed by atoms with Crippen molar-refractivity contribution in [3.05, 3.63) is 23.4 Å². The van der Waals surface area contributed by atoms with Gasteiger partial charge in [-0.1, -0.05) is 6.92 Å². The van der Waals surface area contributed by atoms with Crippen LogP contribution >= 0.6 is 11.6 Å². The van der Waals surface area contributed by atoms with Crippen LogP contribution in [-0.2, 0) is 10.6 Å². The lowest BCUT2D eigenvalue weighted by molar-refractivity contribution is 0.203. The number of hydrogen-bond donors (Lipinski definition) is 0. The minimum absolute atomic E-state index is 0.442. The van der Waals surface area contributed by atoms with Crippen molar-refractivity contribution in [1.82, 2.24) is 4.98 Å². The van der Waals surface area contributed by atoms with Gasteiger partial charge in [0.2, 0.25) is 0 Å². The Morgan fingerprint density at radius 3 is 2.72 bits per heavy atom. The van der Waals surface area contributed by atoms with E-state index in [9.17, 15) is 0 Å². The van der Waals surface area contributed by atoms with Gasteiger partial charge in [-0.3, -0.25) is 0 Å². The number of halogens is 1. The van der Waals surface area contributed by atoms with Crippen molar-refractivity contribution in [3.8, 4) is 0 Å². The van der Waals surface area contributed by atoms with Crippen molar-refractivity contribution in [2.45, 2.75) is 39.1 Å². The minimum atomic E-state index is 0.442. The molecular weight excluding hydrogens is 248 g/mol. The summed E-state index contributed by atoms with van der Waals surface area (Å²) in [6.07, 6.45) is 1.08. The average molecular weight is 271 g/mol. The predicted molar refractivity (Wildman–Crippen MR) is 77.5 cm³/mol. The molecule has 1 atom stereocenters. The third-order valence-corrected chi connectivity index (χ3v) is 3.42. The van der Waals surface area contributed by atoms with Gasteiger partial charge >= 0.3 is 0 Å². The standard InChI is InChI=1S/C14H23ClN2O/c1-5-12(3)17(6-7-18-4)14-9-13(10-15)8-11(2)16-14/h8-9,12H,5-7,10H2,1-4H3. The van der Waals surface area contributed by atoms with Crippen LogP contribution in [-0.4, -0.2) is 31.3 Å². The van der Waals surface area contributed by atoms with Crippen LogP contribution in [0, 0.1) is 6.92 Å². The summed E-state index contributed by atoms with van der Waals surface area (Å²) in [6.45, 7) is 7.95. The molecular formula is C14H23ClN2O. The Morgan fingerprint density at radius 2 is 2.17 bits per heavy atom. The topological polar surface area (TPSA) is 25.4 Å². The molecule has 0 aliphatic heterocycles. The highest BCUT2D eigenvalue weighted by Gasteiger charge is 2.15. The molecule has 0 bridgehead atoms. The number of aromatic nitrogens is 1. The molecule has 0 aliphatic carbocycles. The fourth-order valence-corrected chi connectivity index (χ4v) is 2.07. The number of alkyl halides is 1. The maximum Gasteiger partial charge on any atom is 0.129 e. The summed E-state index contributed by atoms with van der Waals surface area (Å²) in [7, 11) is 1.72. The third kappa shape index (κ3) is 4.14. The zero-order valence-electron chi connectivity index (χ0n) is 11.7. The van der Waals surface area contributed by atoms with Crippen LogP contribution in [0.25, 0.3) is 0 Å². The van der Waals surface area contributed by atoms with Crippen molar-refractivity contribution < 1.29 is 4.74 Å². The molecule has 0 spiro atoms. The lowest BCUT2D eigenvalue weighted by Gasteiger charge is -2.30. The lowest BCUT2D eigenvalue weighted by Crippen LogP contribution is -2.36. The first-order valence-corrected chi connectivity index (χ1v) is 6.94. The normalized spacial score (nSPS) is 12.5. The molecule has 3 nitrogen and oxygen atoms in total. The second-order valence-electron chi connectivity index (χ2n) is 4.55. The predicted octanol–water partition coefficient (Wildman–Crippen LogP) is 3.38. The molecule has 1 unspecified atom stereocenters. The summed E-state index contributed by atoms with van der Waals surface area (Å²) in [5, 5.41) is 0. The van der Waals surface area contributed by atoms with Crippen molar-refractivity contribution in [2.75, 3.05) is 25.2 Å². The molecule has 0 N–H and O–H groups in total. The van der Waals surface area contributed by atoms with Crippen LogP contribution in [0.2, 0.25) is 0 Å². The number of ether oxygens (including phenoxy) is 1. The van der Waals surface area contributed by atoms with E-state index in [2.05, 4.69) is 29.8 Å². The number of nitrogens with zero attached hydrogens (tertiary/aromatic N) is 2. The number of rotatable bonds is 7. The van der Waals surface area contributed by atoms with Gasteiger partial charge in [0.15, 0.2) is 0 Å². The molecule has 0 radical (unpaired) electrons. The molecule has 0 saturated carbocycles. The fourth-order valence-electron chi connectivity index (χ4n) is 1.92. The zero-order chi connectivity index (χ0) is 13.5. The summed E-state index contributed by atoms with van der Waals surface area (Å²) in [5.74, 6) is 1.52. The SMILES string of the molecule is CCC(C)N(CCOC)c1cc(CCl)cc(C)n1. The fraction of sp³-hybridized carbons (Fsp3) is 0.643. The van der Waals surface area contributed by atoms with E-state index < -0.39 is 0 Å². The van der Waals surface area contributed by atoms with Gasteiger partial charge in [0.25, 0.3) is 0 Å². The van der Waals surface area contributed by atoms with E-state index in [0.29, 0.717) is 18.5 Å². The summed E-state index contributed by atoms with van der Waals surface area (Å²) < 4.78 is 5.18. The first-order valence-electron chi connectivity index (χ1n) is 6.41. The van der Waals surface area contributed by atoms with E-state index in [0.717, 1.165) is 30.0 Å². The van der Waals surface area contributed by atoms with Crippen molar-refractivity contribution >= 4 is 17.4 Å². The van der Waals surface area contributed by atoms with Gasteiger partial charge in [-0.2, -0.15) is 0 Å². The zero-order valence-corrected chi connectivity index (χ0v) is 12.5. The van der Waals surface area contributed by atoms with Gasteiger partial charge in [-0.15, -0.1) is 11.6 Å². The Hall–Kier alpha value is -0.800. The van der Waals surface area contributed by atoms with Crippen LogP contribution < -0.4 is 4.90 Å². The van der Waals surface area contributed by atoms with Crippen molar-refractivity contribution in [3.63, 3.8) is 0 Å². The number of methoxy groups -OCH3 is 1. The van der Waals surface area contributed by atoms with Crippen LogP contribution in [0.15, 0.2) is 12.1 Å². The van der Waals surface area contributed by atoms with Crippen LogP contribution in [0.1, 0.15) is 31.5 Å². The molecule has 0 aromatic carbocycles. The summed E-state index contributed by atoms with van der Waals surface area (Å²) >= 11 is 5.92.